The third-order valence-electron chi connectivity index (χ3n) is 15.1. The number of nitrogens with two attached hydrogens (primary N) is 5. The average molecular weight is 1510 g/mol. The van der Waals surface area contributed by atoms with Crippen LogP contribution in [0.15, 0.2) is 174 Å². The van der Waals surface area contributed by atoms with Gasteiger partial charge in [-0.2, -0.15) is 0 Å². The zero-order valence-corrected chi connectivity index (χ0v) is 60.5. The molecule has 31 nitrogen and oxygen atoms in total. The van der Waals surface area contributed by atoms with E-state index in [2.05, 4.69) is 93.2 Å². The molecule has 0 aliphatic carbocycles. The van der Waals surface area contributed by atoms with Crippen LogP contribution < -0.4 is 39.5 Å². The summed E-state index contributed by atoms with van der Waals surface area (Å²) in [6, 6.07) is 33.9. The molecule has 530 valence electrons. The SMILES string of the molecule is CC(=O)c1ccc(-c2nnc(-c3nc(-c4ccc(S(=O)(=O)C(C)C)cc4)cnc3N)o2)cc1.CC(C)S(=O)(=O)c1ccc(-c2cnc(N)c(C(=O)NN)n2)cc1.CNC(C)c1ccc(-c2nnc(-c3nc(-c4ccc(S(=O)(=O)C(C)C)cc4)cnc3N)o2)cc1.COC(=O)c1nc(Br)cnc1N. The number of hydrazine groups is 1. The number of nitrogen functional groups attached to an aromatic ring is 5. The van der Waals surface area contributed by atoms with E-state index in [4.69, 9.17) is 37.6 Å². The van der Waals surface area contributed by atoms with E-state index >= 15 is 0 Å². The summed E-state index contributed by atoms with van der Waals surface area (Å²) in [5.74, 6) is 4.87. The molecule has 0 saturated heterocycles. The summed E-state index contributed by atoms with van der Waals surface area (Å²) in [5, 5.41) is 18.0. The molecule has 35 heteroatoms. The quantitative estimate of drug-likeness (QED) is 0.0139. The Morgan fingerprint density at radius 1 is 0.461 bits per heavy atom. The van der Waals surface area contributed by atoms with Crippen LogP contribution in [-0.2, 0) is 34.2 Å². The lowest BCUT2D eigenvalue weighted by Gasteiger charge is -2.10. The third-order valence-corrected chi connectivity index (χ3v) is 22.0. The molecule has 0 spiro atoms. The fourth-order valence-electron chi connectivity index (χ4n) is 8.85. The van der Waals surface area contributed by atoms with Crippen molar-refractivity contribution in [2.75, 3.05) is 37.1 Å². The summed E-state index contributed by atoms with van der Waals surface area (Å²) >= 11 is 3.06. The number of Topliss-reactive ketones (excluding diaryl/α,β-unsaturated/α-hetero) is 1. The molecule has 0 aliphatic rings. The second kappa shape index (κ2) is 32.8. The zero-order chi connectivity index (χ0) is 74.5. The second-order valence-electron chi connectivity index (χ2n) is 22.8. The first kappa shape index (κ1) is 76.5. The number of nitrogens with one attached hydrogen (secondary N) is 2. The molecule has 11 rings (SSSR count). The van der Waals surface area contributed by atoms with E-state index in [1.54, 1.807) is 114 Å². The molecular formula is C67H70BrN19O12S3. The van der Waals surface area contributed by atoms with E-state index in [1.807, 2.05) is 36.7 Å². The van der Waals surface area contributed by atoms with E-state index in [1.165, 1.54) is 63.1 Å². The number of aromatic nitrogens is 12. The van der Waals surface area contributed by atoms with Crippen molar-refractivity contribution >= 4 is 86.4 Å². The maximum atomic E-state index is 12.4. The molecule has 0 bridgehead atoms. The number of sulfone groups is 3. The topological polar surface area (TPSA) is 498 Å². The molecule has 6 heterocycles. The number of benzene rings is 5. The minimum Gasteiger partial charge on any atom is -0.464 e. The maximum absolute atomic E-state index is 12.4. The van der Waals surface area contributed by atoms with Crippen molar-refractivity contribution in [3.8, 4) is 79.8 Å². The van der Waals surface area contributed by atoms with Gasteiger partial charge in [-0.3, -0.25) is 15.0 Å². The Morgan fingerprint density at radius 3 is 1.17 bits per heavy atom. The van der Waals surface area contributed by atoms with Gasteiger partial charge in [-0.05, 0) is 145 Å². The monoisotopic (exact) mass is 1510 g/mol. The minimum absolute atomic E-state index is 0.0203. The summed E-state index contributed by atoms with van der Waals surface area (Å²) in [5.41, 5.74) is 31.8. The predicted molar refractivity (Wildman–Crippen MR) is 385 cm³/mol. The van der Waals surface area contributed by atoms with Gasteiger partial charge in [0.15, 0.2) is 81.3 Å². The Morgan fingerprint density at radius 2 is 0.804 bits per heavy atom. The molecule has 0 aliphatic heterocycles. The lowest BCUT2D eigenvalue weighted by atomic mass is 10.1. The number of hydrogen-bond donors (Lipinski definition) is 7. The van der Waals surface area contributed by atoms with Crippen molar-refractivity contribution in [2.24, 2.45) is 5.84 Å². The highest BCUT2D eigenvalue weighted by atomic mass is 79.9. The van der Waals surface area contributed by atoms with Gasteiger partial charge in [0, 0.05) is 39.4 Å². The maximum Gasteiger partial charge on any atom is 0.360 e. The molecule has 1 atom stereocenters. The lowest BCUT2D eigenvalue weighted by Crippen LogP contribution is -2.31. The van der Waals surface area contributed by atoms with Gasteiger partial charge in [0.05, 0.1) is 79.4 Å². The summed E-state index contributed by atoms with van der Waals surface area (Å²) in [6.45, 7) is 13.4. The van der Waals surface area contributed by atoms with Crippen molar-refractivity contribution in [3.05, 3.63) is 173 Å². The molecule has 102 heavy (non-hydrogen) atoms. The van der Waals surface area contributed by atoms with E-state index in [9.17, 15) is 39.6 Å². The van der Waals surface area contributed by atoms with E-state index < -0.39 is 57.1 Å². The molecule has 6 aromatic heterocycles. The van der Waals surface area contributed by atoms with Crippen LogP contribution in [-0.4, -0.2) is 133 Å². The van der Waals surface area contributed by atoms with Crippen molar-refractivity contribution in [1.82, 2.24) is 71.0 Å². The first-order valence-corrected chi connectivity index (χ1v) is 36.1. The number of rotatable bonds is 18. The van der Waals surface area contributed by atoms with Crippen LogP contribution in [0.2, 0.25) is 0 Å². The van der Waals surface area contributed by atoms with Crippen LogP contribution in [0.1, 0.15) is 98.3 Å². The number of carbonyl (C=O) groups is 3. The number of anilines is 4. The summed E-state index contributed by atoms with van der Waals surface area (Å²) < 4.78 is 90.1. The number of ether oxygens (including phenoxy) is 1. The van der Waals surface area contributed by atoms with Crippen LogP contribution in [0.4, 0.5) is 23.3 Å². The van der Waals surface area contributed by atoms with Gasteiger partial charge in [0.25, 0.3) is 17.7 Å². The van der Waals surface area contributed by atoms with E-state index in [0.29, 0.717) is 55.4 Å². The highest BCUT2D eigenvalue weighted by Crippen LogP contribution is 2.32. The Bertz CT molecular complexity index is 5190. The Hall–Kier alpha value is -11.2. The van der Waals surface area contributed by atoms with Gasteiger partial charge < -0.3 is 41.8 Å². The standard InChI is InChI=1S/C24H26N6O3S.C23H21N5O4S.C14H17N5O3S.C6H6BrN3O2/c1-14(2)34(31,32)19-11-9-17(10-12-19)20-13-27-22(25)21(28-20)24-30-29-23(33-24)18-7-5-16(6-8-18)15(3)26-4;1-13(2)33(30,31)18-10-8-16(9-11-18)19-12-25-21(24)20(26-19)23-28-27-22(32-23)17-6-4-15(5-7-17)14(3)29;1-8(2)23(21,22)10-5-3-9(4-6-10)11-7-17-13(15)12(18-11)14(20)19-16;1-12-6(11)4-5(8)9-2-3(7)10-4/h5-15,26H,1-4H3,(H2,25,27);4-13H,1-3H3,(H2,24,25);3-8H,16H2,1-2H3,(H2,15,17)(H,19,20);2H,1H3,(H2,8,9). The highest BCUT2D eigenvalue weighted by molar-refractivity contribution is 9.10. The van der Waals surface area contributed by atoms with Gasteiger partial charge in [0.1, 0.15) is 4.60 Å². The summed E-state index contributed by atoms with van der Waals surface area (Å²) in [6.07, 6.45) is 5.81. The minimum atomic E-state index is -3.37. The number of hydrogen-bond acceptors (Lipinski definition) is 30. The highest BCUT2D eigenvalue weighted by Gasteiger charge is 2.25. The normalized spacial score (nSPS) is 11.7. The van der Waals surface area contributed by atoms with Gasteiger partial charge >= 0.3 is 5.97 Å². The van der Waals surface area contributed by atoms with Crippen molar-refractivity contribution in [3.63, 3.8) is 0 Å². The van der Waals surface area contributed by atoms with Crippen molar-refractivity contribution < 1.29 is 53.2 Å². The number of nitrogens with zero attached hydrogens (tertiary/aromatic N) is 12. The van der Waals surface area contributed by atoms with Crippen molar-refractivity contribution in [2.45, 2.75) is 91.9 Å². The average Bonchev–Trinajstić information content (AvgIpc) is 1.27. The fourth-order valence-corrected chi connectivity index (χ4v) is 12.3. The zero-order valence-electron chi connectivity index (χ0n) is 56.4. The molecule has 1 unspecified atom stereocenters. The number of ketones is 1. The molecular weight excluding hydrogens is 1440 g/mol. The first-order valence-electron chi connectivity index (χ1n) is 30.6. The lowest BCUT2D eigenvalue weighted by molar-refractivity contribution is 0.0594. The van der Waals surface area contributed by atoms with Gasteiger partial charge in [-0.1, -0.05) is 60.7 Å². The summed E-state index contributed by atoms with van der Waals surface area (Å²) in [7, 11) is -6.92. The number of methoxy groups -OCH3 is 1. The molecule has 12 N–H and O–H groups in total. The van der Waals surface area contributed by atoms with Crippen molar-refractivity contribution in [1.29, 1.82) is 0 Å². The Kier molecular flexibility index (Phi) is 24.6. The van der Waals surface area contributed by atoms with Gasteiger partial charge in [-0.15, -0.1) is 20.4 Å². The Labute approximate surface area is 594 Å². The van der Waals surface area contributed by atoms with Crippen LogP contribution in [0, 0.1) is 0 Å². The molecule has 0 saturated carbocycles. The number of halogens is 1. The van der Waals surface area contributed by atoms with Gasteiger partial charge in [0.2, 0.25) is 11.8 Å². The first-order chi connectivity index (χ1) is 48.3. The molecule has 5 aromatic carbocycles. The fraction of sp³-hybridized carbons (Fsp3) is 0.209. The van der Waals surface area contributed by atoms with E-state index in [0.717, 1.165) is 11.1 Å². The largest absolute Gasteiger partial charge is 0.464 e. The second-order valence-corrected chi connectivity index (χ2v) is 31.1. The third kappa shape index (κ3) is 18.0. The Balaban J connectivity index is 0.000000182. The smallest absolute Gasteiger partial charge is 0.360 e. The molecule has 1 amide bonds. The van der Waals surface area contributed by atoms with Crippen LogP contribution in [0.25, 0.3) is 79.8 Å². The molecule has 0 radical (unpaired) electrons. The molecule has 11 aromatic rings. The number of amides is 1. The van der Waals surface area contributed by atoms with Gasteiger partial charge in [-0.25, -0.2) is 75.8 Å². The van der Waals surface area contributed by atoms with E-state index in [-0.39, 0.29) is 90.2 Å². The van der Waals surface area contributed by atoms with Crippen LogP contribution in [0.3, 0.4) is 0 Å². The molecule has 0 fully saturated rings. The number of carbonyl (C=O) groups excluding carboxylic acids is 3. The predicted octanol–water partition coefficient (Wildman–Crippen LogP) is 8.85. The summed E-state index contributed by atoms with van der Waals surface area (Å²) in [4.78, 5) is 67.7. The van der Waals surface area contributed by atoms with Crippen LogP contribution >= 0.6 is 15.9 Å². The number of esters is 1. The van der Waals surface area contributed by atoms with Crippen LogP contribution in [0.5, 0.6) is 0 Å².